The van der Waals surface area contributed by atoms with Gasteiger partial charge in [-0.1, -0.05) is 0 Å². The molecular formula is C6H16NOPS. The number of hydrogen-bond acceptors (Lipinski definition) is 3. The van der Waals surface area contributed by atoms with Crippen molar-refractivity contribution in [2.75, 3.05) is 31.4 Å². The first-order chi connectivity index (χ1) is 4.91. The quantitative estimate of drug-likeness (QED) is 0.475. The molecule has 1 N–H and O–H groups in total. The molecule has 2 nitrogen and oxygen atoms in total. The number of thioether (sulfide) groups is 1. The summed E-state index contributed by atoms with van der Waals surface area (Å²) in [7, 11) is 2.66. The molecule has 0 radical (unpaired) electrons. The van der Waals surface area contributed by atoms with E-state index in [0.29, 0.717) is 8.81 Å². The van der Waals surface area contributed by atoms with Crippen molar-refractivity contribution >= 4 is 20.6 Å². The van der Waals surface area contributed by atoms with Gasteiger partial charge in [-0.25, -0.2) is 0 Å². The van der Waals surface area contributed by atoms with Gasteiger partial charge in [0.05, 0.1) is 0 Å². The molecule has 1 unspecified atom stereocenters. The van der Waals surface area contributed by atoms with E-state index in [0.717, 1.165) is 18.6 Å². The van der Waals surface area contributed by atoms with Crippen LogP contribution < -0.4 is 5.32 Å². The lowest BCUT2D eigenvalue weighted by Gasteiger charge is -2.00. The maximum absolute atomic E-state index is 5.20. The summed E-state index contributed by atoms with van der Waals surface area (Å²) in [6.45, 7) is 3.98. The van der Waals surface area contributed by atoms with E-state index in [1.165, 1.54) is 5.75 Å². The highest BCUT2D eigenvalue weighted by Gasteiger charge is 1.86. The van der Waals surface area contributed by atoms with Crippen LogP contribution in [0, 0.1) is 0 Å². The van der Waals surface area contributed by atoms with E-state index in [2.05, 4.69) is 5.32 Å². The molecule has 0 aliphatic rings. The van der Waals surface area contributed by atoms with E-state index in [-0.39, 0.29) is 0 Å². The monoisotopic (exact) mass is 181 g/mol. The zero-order chi connectivity index (χ0) is 7.66. The third kappa shape index (κ3) is 8.70. The molecule has 0 aromatic rings. The van der Waals surface area contributed by atoms with Crippen molar-refractivity contribution < 1.29 is 4.52 Å². The molecule has 0 bridgehead atoms. The average Bonchev–Trinajstić information content (AvgIpc) is 1.97. The molecule has 0 heterocycles. The Hall–Kier alpha value is 0.700. The van der Waals surface area contributed by atoms with Crippen LogP contribution in [0.5, 0.6) is 0 Å². The Morgan fingerprint density at radius 3 is 3.00 bits per heavy atom. The molecule has 0 saturated carbocycles. The Bertz CT molecular complexity index is 57.7. The summed E-state index contributed by atoms with van der Waals surface area (Å²) in [5.74, 6) is 1.19. The first-order valence-corrected chi connectivity index (χ1v) is 5.75. The van der Waals surface area contributed by atoms with Crippen molar-refractivity contribution in [1.29, 1.82) is 0 Å². The third-order valence-corrected chi connectivity index (χ3v) is 3.18. The number of hydrogen-bond donors (Lipinski definition) is 1. The first kappa shape index (κ1) is 10.7. The van der Waals surface area contributed by atoms with E-state index in [1.54, 1.807) is 0 Å². The molecule has 10 heavy (non-hydrogen) atoms. The molecule has 0 aliphatic carbocycles. The Morgan fingerprint density at radius 2 is 2.40 bits per heavy atom. The zero-order valence-electron chi connectivity index (χ0n) is 6.64. The van der Waals surface area contributed by atoms with Gasteiger partial charge in [-0.15, -0.1) is 0 Å². The van der Waals surface area contributed by atoms with Crippen molar-refractivity contribution in [3.05, 3.63) is 0 Å². The van der Waals surface area contributed by atoms with Crippen molar-refractivity contribution in [2.45, 2.75) is 6.92 Å². The highest BCUT2D eigenvalue weighted by molar-refractivity contribution is 8.03. The standard InChI is InChI=1S/C6H16NOPS/c1-3-8-9-6-10-5-4-7-2/h7,9H,3-6H2,1-2H3. The van der Waals surface area contributed by atoms with Crippen LogP contribution in [0.3, 0.4) is 0 Å². The lowest BCUT2D eigenvalue weighted by Crippen LogP contribution is -2.09. The average molecular weight is 181 g/mol. The fourth-order valence-electron chi connectivity index (χ4n) is 0.432. The molecule has 62 valence electrons. The van der Waals surface area contributed by atoms with Gasteiger partial charge >= 0.3 is 0 Å². The van der Waals surface area contributed by atoms with Gasteiger partial charge in [-0.3, -0.25) is 0 Å². The van der Waals surface area contributed by atoms with Gasteiger partial charge < -0.3 is 9.84 Å². The normalized spacial score (nSPS) is 11.4. The third-order valence-electron chi connectivity index (χ3n) is 0.904. The Labute approximate surface area is 69.4 Å². The minimum absolute atomic E-state index is 0.679. The second kappa shape index (κ2) is 9.70. The van der Waals surface area contributed by atoms with Crippen molar-refractivity contribution in [1.82, 2.24) is 5.32 Å². The fraction of sp³-hybridized carbons (Fsp3) is 1.00. The van der Waals surface area contributed by atoms with Crippen LogP contribution in [0.1, 0.15) is 6.92 Å². The molecule has 0 aliphatic heterocycles. The zero-order valence-corrected chi connectivity index (χ0v) is 8.46. The summed E-state index contributed by atoms with van der Waals surface area (Å²) in [4.78, 5) is 0. The SMILES string of the molecule is CCOPCSCCNC. The first-order valence-electron chi connectivity index (χ1n) is 3.48. The Morgan fingerprint density at radius 1 is 1.60 bits per heavy atom. The van der Waals surface area contributed by atoms with Crippen LogP contribution in [0.4, 0.5) is 0 Å². The van der Waals surface area contributed by atoms with Crippen LogP contribution in [-0.4, -0.2) is 31.4 Å². The van der Waals surface area contributed by atoms with Crippen LogP contribution in [0.2, 0.25) is 0 Å². The minimum Gasteiger partial charge on any atom is -0.362 e. The summed E-state index contributed by atoms with van der Waals surface area (Å²) >= 11 is 1.94. The van der Waals surface area contributed by atoms with E-state index in [1.807, 2.05) is 25.7 Å². The molecule has 0 aromatic heterocycles. The predicted molar refractivity (Wildman–Crippen MR) is 51.2 cm³/mol. The molecule has 0 spiro atoms. The summed E-state index contributed by atoms with van der Waals surface area (Å²) in [5.41, 5.74) is 1.15. The number of nitrogens with one attached hydrogen (secondary N) is 1. The van der Waals surface area contributed by atoms with Crippen LogP contribution in [-0.2, 0) is 4.52 Å². The van der Waals surface area contributed by atoms with Crippen LogP contribution >= 0.6 is 20.6 Å². The van der Waals surface area contributed by atoms with Crippen LogP contribution in [0.15, 0.2) is 0 Å². The highest BCUT2D eigenvalue weighted by atomic mass is 32.2. The maximum Gasteiger partial charge on any atom is 0.0477 e. The molecule has 0 rings (SSSR count). The summed E-state index contributed by atoms with van der Waals surface area (Å²) in [5, 5.41) is 3.10. The molecule has 0 saturated heterocycles. The fourth-order valence-corrected chi connectivity index (χ4v) is 2.23. The molecule has 0 aromatic carbocycles. The van der Waals surface area contributed by atoms with Gasteiger partial charge in [0.1, 0.15) is 0 Å². The molecule has 1 atom stereocenters. The van der Waals surface area contributed by atoms with Gasteiger partial charge in [-0.05, 0) is 14.0 Å². The lowest BCUT2D eigenvalue weighted by molar-refractivity contribution is 0.391. The topological polar surface area (TPSA) is 21.3 Å². The highest BCUT2D eigenvalue weighted by Crippen LogP contribution is 2.18. The van der Waals surface area contributed by atoms with E-state index >= 15 is 0 Å². The molecular weight excluding hydrogens is 165 g/mol. The van der Waals surface area contributed by atoms with Crippen molar-refractivity contribution in [2.24, 2.45) is 0 Å². The van der Waals surface area contributed by atoms with Gasteiger partial charge in [0.25, 0.3) is 0 Å². The second-order valence-electron chi connectivity index (χ2n) is 1.73. The Kier molecular flexibility index (Phi) is 10.4. The smallest absolute Gasteiger partial charge is 0.0477 e. The van der Waals surface area contributed by atoms with Gasteiger partial charge in [-0.2, -0.15) is 11.8 Å². The molecule has 4 heteroatoms. The van der Waals surface area contributed by atoms with Gasteiger partial charge in [0.2, 0.25) is 0 Å². The van der Waals surface area contributed by atoms with Gasteiger partial charge in [0.15, 0.2) is 0 Å². The van der Waals surface area contributed by atoms with Crippen molar-refractivity contribution in [3.63, 3.8) is 0 Å². The van der Waals surface area contributed by atoms with Crippen LogP contribution in [0.25, 0.3) is 0 Å². The lowest BCUT2D eigenvalue weighted by atomic mass is 10.8. The molecule has 0 amide bonds. The van der Waals surface area contributed by atoms with E-state index in [4.69, 9.17) is 4.52 Å². The minimum atomic E-state index is 0.679. The largest absolute Gasteiger partial charge is 0.362 e. The molecule has 0 fully saturated rings. The predicted octanol–water partition coefficient (Wildman–Crippen LogP) is 1.53. The van der Waals surface area contributed by atoms with Gasteiger partial charge in [0, 0.05) is 33.2 Å². The van der Waals surface area contributed by atoms with E-state index < -0.39 is 0 Å². The maximum atomic E-state index is 5.20. The Balaban J connectivity index is 2.65. The van der Waals surface area contributed by atoms with Crippen molar-refractivity contribution in [3.8, 4) is 0 Å². The summed E-state index contributed by atoms with van der Waals surface area (Å²) < 4.78 is 5.20. The summed E-state index contributed by atoms with van der Waals surface area (Å²) in [6, 6.07) is 0. The number of rotatable bonds is 7. The summed E-state index contributed by atoms with van der Waals surface area (Å²) in [6.07, 6.45) is 0. The second-order valence-corrected chi connectivity index (χ2v) is 4.28. The van der Waals surface area contributed by atoms with E-state index in [9.17, 15) is 0 Å².